The predicted molar refractivity (Wildman–Crippen MR) is 106 cm³/mol. The minimum atomic E-state index is -0.707. The molecule has 1 aromatic heterocycles. The van der Waals surface area contributed by atoms with E-state index in [1.807, 2.05) is 4.90 Å². The fourth-order valence-electron chi connectivity index (χ4n) is 3.48. The van der Waals surface area contributed by atoms with Crippen LogP contribution in [0.2, 0.25) is 0 Å². The van der Waals surface area contributed by atoms with Crippen LogP contribution in [-0.4, -0.2) is 31.4 Å². The lowest BCUT2D eigenvalue weighted by molar-refractivity contribution is 0.121. The van der Waals surface area contributed by atoms with Gasteiger partial charge < -0.3 is 24.5 Å². The zero-order valence-corrected chi connectivity index (χ0v) is 15.7. The van der Waals surface area contributed by atoms with Gasteiger partial charge in [0.05, 0.1) is 24.6 Å². The summed E-state index contributed by atoms with van der Waals surface area (Å²) in [5.41, 5.74) is 0.762. The first-order valence-corrected chi connectivity index (χ1v) is 9.27. The van der Waals surface area contributed by atoms with Gasteiger partial charge in [0, 0.05) is 36.5 Å². The number of nitrogens with one attached hydrogen (secondary N) is 1. The molecule has 2 N–H and O–H groups in total. The molecule has 6 nitrogen and oxygen atoms in total. The van der Waals surface area contributed by atoms with Gasteiger partial charge in [-0.15, -0.1) is 0 Å². The Morgan fingerprint density at radius 1 is 1.07 bits per heavy atom. The second kappa shape index (κ2) is 7.71. The van der Waals surface area contributed by atoms with Crippen LogP contribution in [0.4, 0.5) is 20.4 Å². The number of fused-ring (bicyclic) bond motifs is 1. The molecule has 4 rings (SSSR count). The van der Waals surface area contributed by atoms with Gasteiger partial charge in [0.2, 0.25) is 0 Å². The molecule has 3 aromatic rings. The third kappa shape index (κ3) is 4.02. The molecule has 0 aliphatic carbocycles. The Bertz CT molecular complexity index is 1090. The minimum absolute atomic E-state index is 0.0991. The topological polar surface area (TPSA) is 74.9 Å². The molecule has 0 radical (unpaired) electrons. The van der Waals surface area contributed by atoms with Gasteiger partial charge in [0.25, 0.3) is 0 Å². The SMILES string of the molecule is CC(Nc1cc(F)cc(F)c1)c1cc(O)cc2c(=O)cc(N3CCOCC3)oc12. The molecular formula is C21H20F2N2O4. The standard InChI is InChI=1S/C21H20F2N2O4/c1-12(24-15-7-13(22)6-14(23)8-15)17-9-16(26)10-18-19(27)11-20(29-21(17)18)25-2-4-28-5-3-25/h6-12,24,26H,2-5H2,1H3. The smallest absolute Gasteiger partial charge is 0.200 e. The van der Waals surface area contributed by atoms with E-state index in [0.29, 0.717) is 43.3 Å². The Balaban J connectivity index is 1.77. The van der Waals surface area contributed by atoms with E-state index in [0.717, 1.165) is 6.07 Å². The molecule has 8 heteroatoms. The van der Waals surface area contributed by atoms with Crippen molar-refractivity contribution < 1.29 is 23.0 Å². The molecule has 1 aliphatic heterocycles. The number of hydrogen-bond acceptors (Lipinski definition) is 6. The number of halogens is 2. The highest BCUT2D eigenvalue weighted by Gasteiger charge is 2.20. The van der Waals surface area contributed by atoms with Crippen molar-refractivity contribution in [1.82, 2.24) is 0 Å². The van der Waals surface area contributed by atoms with E-state index >= 15 is 0 Å². The third-order valence-corrected chi connectivity index (χ3v) is 4.86. The van der Waals surface area contributed by atoms with Gasteiger partial charge in [-0.25, -0.2) is 8.78 Å². The van der Waals surface area contributed by atoms with E-state index in [2.05, 4.69) is 5.32 Å². The number of rotatable bonds is 4. The van der Waals surface area contributed by atoms with Gasteiger partial charge in [-0.1, -0.05) is 0 Å². The molecule has 1 atom stereocenters. The summed E-state index contributed by atoms with van der Waals surface area (Å²) >= 11 is 0. The van der Waals surface area contributed by atoms with Crippen LogP contribution in [0, 0.1) is 11.6 Å². The molecule has 1 unspecified atom stereocenters. The maximum absolute atomic E-state index is 13.5. The maximum Gasteiger partial charge on any atom is 0.200 e. The number of ether oxygens (including phenoxy) is 1. The normalized spacial score (nSPS) is 15.5. The molecule has 1 aliphatic rings. The van der Waals surface area contributed by atoms with E-state index in [9.17, 15) is 18.7 Å². The number of anilines is 2. The zero-order valence-electron chi connectivity index (χ0n) is 15.7. The molecule has 0 spiro atoms. The Labute approximate surface area is 165 Å². The number of aromatic hydroxyl groups is 1. The molecule has 2 aromatic carbocycles. The van der Waals surface area contributed by atoms with E-state index < -0.39 is 17.7 Å². The van der Waals surface area contributed by atoms with Gasteiger partial charge in [-0.2, -0.15) is 0 Å². The quantitative estimate of drug-likeness (QED) is 0.692. The van der Waals surface area contributed by atoms with E-state index in [4.69, 9.17) is 9.15 Å². The van der Waals surface area contributed by atoms with Crippen LogP contribution in [0.5, 0.6) is 5.75 Å². The lowest BCUT2D eigenvalue weighted by Crippen LogP contribution is -2.36. The van der Waals surface area contributed by atoms with E-state index in [-0.39, 0.29) is 22.3 Å². The van der Waals surface area contributed by atoms with Crippen LogP contribution in [0.25, 0.3) is 11.0 Å². The highest BCUT2D eigenvalue weighted by atomic mass is 19.1. The molecule has 1 fully saturated rings. The first kappa shape index (κ1) is 19.2. The minimum Gasteiger partial charge on any atom is -0.508 e. The van der Waals surface area contributed by atoms with Crippen molar-refractivity contribution in [3.8, 4) is 5.75 Å². The summed E-state index contributed by atoms with van der Waals surface area (Å²) in [6.07, 6.45) is 0. The first-order chi connectivity index (χ1) is 13.9. The number of phenols is 1. The Kier molecular flexibility index (Phi) is 5.10. The largest absolute Gasteiger partial charge is 0.508 e. The fourth-order valence-corrected chi connectivity index (χ4v) is 3.48. The highest BCUT2D eigenvalue weighted by molar-refractivity contribution is 5.83. The summed E-state index contributed by atoms with van der Waals surface area (Å²) < 4.78 is 38.4. The lowest BCUT2D eigenvalue weighted by Gasteiger charge is -2.27. The summed E-state index contributed by atoms with van der Waals surface area (Å²) in [6.45, 7) is 4.01. The van der Waals surface area contributed by atoms with Crippen LogP contribution >= 0.6 is 0 Å². The van der Waals surface area contributed by atoms with Crippen LogP contribution in [0.15, 0.2) is 45.6 Å². The Morgan fingerprint density at radius 2 is 1.76 bits per heavy atom. The van der Waals surface area contributed by atoms with E-state index in [1.165, 1.54) is 30.3 Å². The molecule has 1 saturated heterocycles. The van der Waals surface area contributed by atoms with Gasteiger partial charge in [0.1, 0.15) is 23.0 Å². The van der Waals surface area contributed by atoms with E-state index in [1.54, 1.807) is 6.92 Å². The summed E-state index contributed by atoms with van der Waals surface area (Å²) in [4.78, 5) is 14.6. The second-order valence-corrected chi connectivity index (χ2v) is 6.98. The monoisotopic (exact) mass is 402 g/mol. The molecule has 152 valence electrons. The molecule has 0 saturated carbocycles. The summed E-state index contributed by atoms with van der Waals surface area (Å²) in [5.74, 6) is -1.09. The van der Waals surface area contributed by atoms with Gasteiger partial charge >= 0.3 is 0 Å². The average Bonchev–Trinajstić information content (AvgIpc) is 2.67. The Hall–Kier alpha value is -3.13. The highest BCUT2D eigenvalue weighted by Crippen LogP contribution is 2.32. The maximum atomic E-state index is 13.5. The average molecular weight is 402 g/mol. The van der Waals surface area contributed by atoms with Gasteiger partial charge in [-0.3, -0.25) is 4.79 Å². The third-order valence-electron chi connectivity index (χ3n) is 4.86. The zero-order chi connectivity index (χ0) is 20.5. The van der Waals surface area contributed by atoms with Crippen molar-refractivity contribution in [2.45, 2.75) is 13.0 Å². The summed E-state index contributed by atoms with van der Waals surface area (Å²) in [5, 5.41) is 13.3. The van der Waals surface area contributed by atoms with Crippen molar-refractivity contribution in [3.63, 3.8) is 0 Å². The number of benzene rings is 2. The molecular weight excluding hydrogens is 382 g/mol. The number of morpholine rings is 1. The molecule has 2 heterocycles. The van der Waals surface area contributed by atoms with Crippen molar-refractivity contribution in [1.29, 1.82) is 0 Å². The second-order valence-electron chi connectivity index (χ2n) is 6.98. The first-order valence-electron chi connectivity index (χ1n) is 9.27. The van der Waals surface area contributed by atoms with Gasteiger partial charge in [-0.05, 0) is 31.2 Å². The molecule has 0 bridgehead atoms. The predicted octanol–water partition coefficient (Wildman–Crippen LogP) is 3.79. The van der Waals surface area contributed by atoms with Crippen molar-refractivity contribution in [2.75, 3.05) is 36.5 Å². The number of nitrogens with zero attached hydrogens (tertiary/aromatic N) is 1. The number of phenolic OH excluding ortho intramolecular Hbond substituents is 1. The summed E-state index contributed by atoms with van der Waals surface area (Å²) in [7, 11) is 0. The van der Waals surface area contributed by atoms with Crippen LogP contribution in [0.3, 0.4) is 0 Å². The van der Waals surface area contributed by atoms with Crippen molar-refractivity contribution in [3.05, 3.63) is 63.8 Å². The molecule has 0 amide bonds. The van der Waals surface area contributed by atoms with Gasteiger partial charge in [0.15, 0.2) is 11.3 Å². The van der Waals surface area contributed by atoms with Crippen molar-refractivity contribution >= 4 is 22.5 Å². The lowest BCUT2D eigenvalue weighted by atomic mass is 10.0. The number of hydrogen-bond donors (Lipinski definition) is 2. The van der Waals surface area contributed by atoms with Crippen LogP contribution in [0.1, 0.15) is 18.5 Å². The van der Waals surface area contributed by atoms with Crippen LogP contribution in [-0.2, 0) is 4.74 Å². The fraction of sp³-hybridized carbons (Fsp3) is 0.286. The van der Waals surface area contributed by atoms with Crippen molar-refractivity contribution in [2.24, 2.45) is 0 Å². The van der Waals surface area contributed by atoms with Crippen LogP contribution < -0.4 is 15.6 Å². The Morgan fingerprint density at radius 3 is 2.45 bits per heavy atom. The molecule has 29 heavy (non-hydrogen) atoms. The summed E-state index contributed by atoms with van der Waals surface area (Å²) in [6, 6.07) is 6.84.